The summed E-state index contributed by atoms with van der Waals surface area (Å²) >= 11 is 0. The summed E-state index contributed by atoms with van der Waals surface area (Å²) in [4.78, 5) is 39.6. The SMILES string of the molecule is COc1ccc(C(OCC2OC(N3C=NC4C(=O)N=C(NC(=O)Cc5ccccc5)N=C43)C(O)C2O)(c2ccccc2)c2ccc(OC)cc2)cc1. The predicted octanol–water partition coefficient (Wildman–Crippen LogP) is 2.83. The van der Waals surface area contributed by atoms with E-state index in [1.807, 2.05) is 109 Å². The van der Waals surface area contributed by atoms with Gasteiger partial charge >= 0.3 is 0 Å². The van der Waals surface area contributed by atoms with E-state index in [1.54, 1.807) is 14.2 Å². The first-order valence-corrected chi connectivity index (χ1v) is 16.7. The Hall–Kier alpha value is -5.73. The molecule has 3 N–H and O–H groups in total. The van der Waals surface area contributed by atoms with Gasteiger partial charge in [-0.3, -0.25) is 24.8 Å². The average molecular weight is 704 g/mol. The molecule has 5 unspecified atom stereocenters. The summed E-state index contributed by atoms with van der Waals surface area (Å²) in [6, 6.07) is 32.7. The van der Waals surface area contributed by atoms with E-state index in [4.69, 9.17) is 18.9 Å². The van der Waals surface area contributed by atoms with Crippen molar-refractivity contribution >= 4 is 29.9 Å². The molecule has 1 fully saturated rings. The number of hydrogen-bond acceptors (Lipinski definition) is 11. The molecule has 3 aliphatic heterocycles. The summed E-state index contributed by atoms with van der Waals surface area (Å²) in [5.74, 6) is 0.180. The zero-order valence-electron chi connectivity index (χ0n) is 28.4. The lowest BCUT2D eigenvalue weighted by molar-refractivity contribution is -0.119. The third-order valence-electron chi connectivity index (χ3n) is 9.23. The van der Waals surface area contributed by atoms with Crippen LogP contribution in [0.2, 0.25) is 0 Å². The van der Waals surface area contributed by atoms with Gasteiger partial charge in [0.25, 0.3) is 5.91 Å². The number of rotatable bonds is 11. The molecule has 2 amide bonds. The Morgan fingerprint density at radius 1 is 0.808 bits per heavy atom. The minimum absolute atomic E-state index is 0.0540. The third-order valence-corrected chi connectivity index (χ3v) is 9.23. The fraction of sp³-hybridized carbons (Fsp3) is 0.256. The lowest BCUT2D eigenvalue weighted by atomic mass is 9.80. The first-order valence-electron chi connectivity index (χ1n) is 16.7. The molecule has 4 aromatic rings. The standard InChI is InChI=1S/C39H37N5O8/c1-49-28-17-13-26(14-18-28)39(25-11-7-4-8-12-25,27-15-19-29(50-2)20-16-27)51-22-30-33(46)34(47)37(52-30)44-23-40-32-35(44)42-38(43-36(32)48)41-31(45)21-24-9-5-3-6-10-24/h3-20,23,30,32-34,37,46-47H,21-22H2,1-2H3,(H,41,43,45,48). The van der Waals surface area contributed by atoms with E-state index in [0.717, 1.165) is 22.3 Å². The van der Waals surface area contributed by atoms with Crippen LogP contribution in [0.25, 0.3) is 0 Å². The molecule has 0 radical (unpaired) electrons. The van der Waals surface area contributed by atoms with Gasteiger partial charge in [-0.05, 0) is 46.5 Å². The number of methoxy groups -OCH3 is 2. The smallest absolute Gasteiger partial charge is 0.281 e. The van der Waals surface area contributed by atoms with Crippen molar-refractivity contribution in [2.45, 2.75) is 42.6 Å². The van der Waals surface area contributed by atoms with Crippen LogP contribution in [0, 0.1) is 0 Å². The zero-order valence-corrected chi connectivity index (χ0v) is 28.4. The van der Waals surface area contributed by atoms with E-state index in [9.17, 15) is 19.8 Å². The summed E-state index contributed by atoms with van der Waals surface area (Å²) in [7, 11) is 3.19. The second-order valence-corrected chi connectivity index (χ2v) is 12.4. The van der Waals surface area contributed by atoms with Crippen LogP contribution in [0.3, 0.4) is 0 Å². The molecule has 5 atom stereocenters. The van der Waals surface area contributed by atoms with Crippen molar-refractivity contribution in [2.24, 2.45) is 15.0 Å². The van der Waals surface area contributed by atoms with Crippen LogP contribution in [0.5, 0.6) is 11.5 Å². The van der Waals surface area contributed by atoms with Gasteiger partial charge in [-0.25, -0.2) is 0 Å². The molecular formula is C39H37N5O8. The van der Waals surface area contributed by atoms with Gasteiger partial charge < -0.3 is 29.2 Å². The topological polar surface area (TPSA) is 164 Å². The number of amidine groups is 1. The lowest BCUT2D eigenvalue weighted by Crippen LogP contribution is -2.50. The molecule has 0 saturated carbocycles. The number of carbonyl (C=O) groups is 2. The van der Waals surface area contributed by atoms with Crippen LogP contribution >= 0.6 is 0 Å². The van der Waals surface area contributed by atoms with Crippen LogP contribution in [0.15, 0.2) is 124 Å². The highest BCUT2D eigenvalue weighted by molar-refractivity contribution is 6.23. The van der Waals surface area contributed by atoms with Crippen molar-refractivity contribution in [3.8, 4) is 11.5 Å². The van der Waals surface area contributed by atoms with E-state index in [1.165, 1.54) is 11.2 Å². The Kier molecular flexibility index (Phi) is 9.92. The van der Waals surface area contributed by atoms with Crippen LogP contribution in [-0.4, -0.2) is 96.5 Å². The zero-order chi connectivity index (χ0) is 36.2. The molecule has 0 bridgehead atoms. The number of nitrogens with one attached hydrogen (secondary N) is 1. The molecule has 3 aliphatic rings. The summed E-state index contributed by atoms with van der Waals surface area (Å²) in [6.45, 7) is -0.163. The summed E-state index contributed by atoms with van der Waals surface area (Å²) in [6.07, 6.45) is -3.67. The van der Waals surface area contributed by atoms with E-state index >= 15 is 0 Å². The number of amides is 2. The Labute approximate surface area is 299 Å². The molecule has 3 heterocycles. The minimum Gasteiger partial charge on any atom is -0.497 e. The maximum atomic E-state index is 12.9. The average Bonchev–Trinajstić information content (AvgIpc) is 3.72. The molecule has 1 saturated heterocycles. The number of benzene rings is 4. The van der Waals surface area contributed by atoms with Gasteiger partial charge in [0, 0.05) is 0 Å². The van der Waals surface area contributed by atoms with Gasteiger partial charge in [-0.2, -0.15) is 9.98 Å². The fourth-order valence-corrected chi connectivity index (χ4v) is 6.58. The van der Waals surface area contributed by atoms with Crippen molar-refractivity contribution in [2.75, 3.05) is 20.8 Å². The predicted molar refractivity (Wildman–Crippen MR) is 191 cm³/mol. The Morgan fingerprint density at radius 3 is 1.98 bits per heavy atom. The Balaban J connectivity index is 1.15. The third kappa shape index (κ3) is 6.69. The van der Waals surface area contributed by atoms with Crippen LogP contribution < -0.4 is 14.8 Å². The molecular weight excluding hydrogens is 666 g/mol. The van der Waals surface area contributed by atoms with Crippen LogP contribution in [0.4, 0.5) is 0 Å². The van der Waals surface area contributed by atoms with E-state index < -0.39 is 48.0 Å². The Bertz CT molecular complexity index is 1940. The highest BCUT2D eigenvalue weighted by Gasteiger charge is 2.51. The van der Waals surface area contributed by atoms with Crippen LogP contribution in [-0.2, 0) is 31.1 Å². The monoisotopic (exact) mass is 703 g/mol. The van der Waals surface area contributed by atoms with Gasteiger partial charge in [0.05, 0.1) is 33.6 Å². The molecule has 13 heteroatoms. The number of hydrogen-bond donors (Lipinski definition) is 3. The van der Waals surface area contributed by atoms with Crippen molar-refractivity contribution in [3.05, 3.63) is 131 Å². The van der Waals surface area contributed by atoms with Gasteiger partial charge in [0.1, 0.15) is 35.4 Å². The number of ether oxygens (including phenoxy) is 4. The molecule has 0 aromatic heterocycles. The number of aliphatic hydroxyl groups is 2. The molecule has 0 aliphatic carbocycles. The molecule has 4 aromatic carbocycles. The summed E-state index contributed by atoms with van der Waals surface area (Å²) in [5.41, 5.74) is 1.94. The molecule has 0 spiro atoms. The second kappa shape index (κ2) is 14.9. The first kappa shape index (κ1) is 34.7. The number of nitrogens with zero attached hydrogens (tertiary/aromatic N) is 4. The normalized spacial score (nSPS) is 22.4. The summed E-state index contributed by atoms with van der Waals surface area (Å²) in [5, 5.41) is 25.2. The molecule has 7 rings (SSSR count). The highest BCUT2D eigenvalue weighted by Crippen LogP contribution is 2.42. The molecule has 52 heavy (non-hydrogen) atoms. The lowest BCUT2D eigenvalue weighted by Gasteiger charge is -2.37. The number of aliphatic imine (C=N–C) groups is 3. The van der Waals surface area contributed by atoms with Gasteiger partial charge in [-0.1, -0.05) is 84.9 Å². The minimum atomic E-state index is -1.44. The Morgan fingerprint density at radius 2 is 1.38 bits per heavy atom. The van der Waals surface area contributed by atoms with Crippen molar-refractivity contribution in [3.63, 3.8) is 0 Å². The quantitative estimate of drug-likeness (QED) is 0.199. The van der Waals surface area contributed by atoms with E-state index in [0.29, 0.717) is 11.5 Å². The summed E-state index contributed by atoms with van der Waals surface area (Å²) < 4.78 is 24.0. The second-order valence-electron chi connectivity index (χ2n) is 12.4. The van der Waals surface area contributed by atoms with Crippen LogP contribution in [0.1, 0.15) is 22.3 Å². The van der Waals surface area contributed by atoms with Gasteiger partial charge in [0.2, 0.25) is 11.9 Å². The highest BCUT2D eigenvalue weighted by atomic mass is 16.6. The van der Waals surface area contributed by atoms with E-state index in [-0.39, 0.29) is 24.8 Å². The number of aliphatic hydroxyl groups excluding tert-OH is 2. The maximum absolute atomic E-state index is 12.9. The molecule has 13 nitrogen and oxygen atoms in total. The van der Waals surface area contributed by atoms with Crippen molar-refractivity contribution in [1.29, 1.82) is 0 Å². The maximum Gasteiger partial charge on any atom is 0.281 e. The van der Waals surface area contributed by atoms with Gasteiger partial charge in [-0.15, -0.1) is 0 Å². The first-order chi connectivity index (χ1) is 25.3. The largest absolute Gasteiger partial charge is 0.497 e. The fourth-order valence-electron chi connectivity index (χ4n) is 6.58. The van der Waals surface area contributed by atoms with Crippen molar-refractivity contribution < 1.29 is 38.7 Å². The number of guanidine groups is 1. The molecule has 266 valence electrons. The number of fused-ring (bicyclic) bond motifs is 1. The van der Waals surface area contributed by atoms with Gasteiger partial charge in [0.15, 0.2) is 18.1 Å². The van der Waals surface area contributed by atoms with Crippen molar-refractivity contribution in [1.82, 2.24) is 10.2 Å². The van der Waals surface area contributed by atoms with E-state index in [2.05, 4.69) is 20.3 Å². The number of carbonyl (C=O) groups excluding carboxylic acids is 2.